The second-order valence-corrected chi connectivity index (χ2v) is 10.4. The van der Waals surface area contributed by atoms with E-state index in [1.807, 2.05) is 74.5 Å². The molecule has 0 unspecified atom stereocenters. The summed E-state index contributed by atoms with van der Waals surface area (Å²) in [6.45, 7) is 3.93. The van der Waals surface area contributed by atoms with Gasteiger partial charge in [0.2, 0.25) is 0 Å². The van der Waals surface area contributed by atoms with E-state index in [9.17, 15) is 14.4 Å². The summed E-state index contributed by atoms with van der Waals surface area (Å²) >= 11 is 0. The van der Waals surface area contributed by atoms with Gasteiger partial charge in [-0.2, -0.15) is 0 Å². The molecule has 1 saturated heterocycles. The molecule has 1 atom stereocenters. The van der Waals surface area contributed by atoms with Gasteiger partial charge < -0.3 is 19.5 Å². The summed E-state index contributed by atoms with van der Waals surface area (Å²) in [5.74, 6) is -0.413. The number of carbonyl (C=O) groups is 3. The second-order valence-electron chi connectivity index (χ2n) is 10.4. The van der Waals surface area contributed by atoms with Crippen LogP contribution >= 0.6 is 0 Å². The van der Waals surface area contributed by atoms with Crippen molar-refractivity contribution in [3.63, 3.8) is 0 Å². The summed E-state index contributed by atoms with van der Waals surface area (Å²) in [5, 5.41) is 2.66. The number of ketones is 1. The topological polar surface area (TPSA) is 94.2 Å². The first-order valence-electron chi connectivity index (χ1n) is 12.9. The van der Waals surface area contributed by atoms with Gasteiger partial charge in [-0.1, -0.05) is 67.1 Å². The van der Waals surface area contributed by atoms with E-state index in [0.717, 1.165) is 43.2 Å². The van der Waals surface area contributed by atoms with Gasteiger partial charge in [0.25, 0.3) is 0 Å². The van der Waals surface area contributed by atoms with E-state index < -0.39 is 41.9 Å². The van der Waals surface area contributed by atoms with E-state index in [-0.39, 0.29) is 13.0 Å². The van der Waals surface area contributed by atoms with Crippen LogP contribution in [0.25, 0.3) is 0 Å². The van der Waals surface area contributed by atoms with E-state index in [4.69, 9.17) is 14.2 Å². The molecule has 2 fully saturated rings. The van der Waals surface area contributed by atoms with Crippen LogP contribution in [0.5, 0.6) is 0 Å². The van der Waals surface area contributed by atoms with E-state index in [1.165, 1.54) is 0 Å². The van der Waals surface area contributed by atoms with E-state index in [0.29, 0.717) is 6.61 Å². The van der Waals surface area contributed by atoms with Gasteiger partial charge in [-0.15, -0.1) is 0 Å². The Bertz CT molecular complexity index is 1070. The third-order valence-corrected chi connectivity index (χ3v) is 7.04. The van der Waals surface area contributed by atoms with Crippen LogP contribution in [0, 0.1) is 0 Å². The normalized spacial score (nSPS) is 18.7. The van der Waals surface area contributed by atoms with Crippen LogP contribution in [0.4, 0.5) is 9.59 Å². The van der Waals surface area contributed by atoms with Gasteiger partial charge in [-0.25, -0.2) is 9.59 Å². The molecular formula is C29H36N2O6. The fourth-order valence-electron chi connectivity index (χ4n) is 5.18. The Labute approximate surface area is 218 Å². The smallest absolute Gasteiger partial charge is 0.413 e. The molecular weight excluding hydrogens is 472 g/mol. The summed E-state index contributed by atoms with van der Waals surface area (Å²) in [4.78, 5) is 40.7. The van der Waals surface area contributed by atoms with Gasteiger partial charge >= 0.3 is 12.2 Å². The zero-order valence-electron chi connectivity index (χ0n) is 21.6. The maximum Gasteiger partial charge on any atom is 0.413 e. The van der Waals surface area contributed by atoms with Crippen LogP contribution in [-0.2, 0) is 32.0 Å². The highest BCUT2D eigenvalue weighted by atomic mass is 16.6. The Hall–Kier alpha value is -3.39. The maximum absolute atomic E-state index is 13.3. The van der Waals surface area contributed by atoms with Crippen LogP contribution in [-0.4, -0.2) is 53.4 Å². The predicted octanol–water partition coefficient (Wildman–Crippen LogP) is 5.00. The average Bonchev–Trinajstić information content (AvgIpc) is 3.16. The standard InChI is InChI=1S/C29H36N2O6/c1-28(2)21-37-29(16-10-5-11-17-29)31(28)27(34)36-20-25(32)24(18-22-12-6-3-7-13-22)30-26(33)35-19-23-14-8-4-9-15-23/h3-4,6-9,12-15,24H,5,10-11,16-21H2,1-2H3,(H,30,33)/t24-/m0/s1. The number of hydrogen-bond donors (Lipinski definition) is 1. The molecule has 4 rings (SSSR count). The van der Waals surface area contributed by atoms with Crippen LogP contribution < -0.4 is 5.32 Å². The van der Waals surface area contributed by atoms with Crippen LogP contribution in [0.2, 0.25) is 0 Å². The molecule has 2 aliphatic rings. The molecule has 37 heavy (non-hydrogen) atoms. The summed E-state index contributed by atoms with van der Waals surface area (Å²) in [5.41, 5.74) is 0.487. The van der Waals surface area contributed by atoms with E-state index in [2.05, 4.69) is 5.32 Å². The Morgan fingerprint density at radius 2 is 1.54 bits per heavy atom. The van der Waals surface area contributed by atoms with Crippen molar-refractivity contribution in [3.05, 3.63) is 71.8 Å². The molecule has 1 aliphatic heterocycles. The minimum Gasteiger partial charge on any atom is -0.445 e. The number of rotatable bonds is 8. The van der Waals surface area contributed by atoms with Crippen LogP contribution in [0.1, 0.15) is 57.1 Å². The first kappa shape index (κ1) is 26.7. The minimum atomic E-state index is -0.912. The third kappa shape index (κ3) is 6.68. The van der Waals surface area contributed by atoms with E-state index in [1.54, 1.807) is 4.90 Å². The fourth-order valence-corrected chi connectivity index (χ4v) is 5.18. The molecule has 1 heterocycles. The van der Waals surface area contributed by atoms with E-state index >= 15 is 0 Å². The largest absolute Gasteiger partial charge is 0.445 e. The molecule has 1 aliphatic carbocycles. The molecule has 2 aromatic carbocycles. The number of alkyl carbamates (subject to hydrolysis) is 1. The highest BCUT2D eigenvalue weighted by molar-refractivity contribution is 5.90. The lowest BCUT2D eigenvalue weighted by molar-refractivity contribution is -0.127. The second kappa shape index (κ2) is 11.8. The molecule has 1 spiro atoms. The number of ether oxygens (including phenoxy) is 3. The molecule has 8 heteroatoms. The van der Waals surface area contributed by atoms with Crippen molar-refractivity contribution < 1.29 is 28.6 Å². The van der Waals surface area contributed by atoms with Crippen molar-refractivity contribution in [2.24, 2.45) is 0 Å². The first-order valence-corrected chi connectivity index (χ1v) is 12.9. The minimum absolute atomic E-state index is 0.0834. The van der Waals surface area contributed by atoms with Gasteiger partial charge in [0.1, 0.15) is 12.3 Å². The molecule has 0 radical (unpaired) electrons. The van der Waals surface area contributed by atoms with Crippen molar-refractivity contribution in [2.45, 2.75) is 76.3 Å². The van der Waals surface area contributed by atoms with Gasteiger partial charge in [0.15, 0.2) is 12.4 Å². The average molecular weight is 509 g/mol. The Kier molecular flexibility index (Phi) is 8.48. The lowest BCUT2D eigenvalue weighted by atomic mass is 9.89. The predicted molar refractivity (Wildman–Crippen MR) is 138 cm³/mol. The summed E-state index contributed by atoms with van der Waals surface area (Å²) in [6, 6.07) is 17.7. The van der Waals surface area contributed by atoms with Gasteiger partial charge in [0, 0.05) is 6.42 Å². The zero-order valence-corrected chi connectivity index (χ0v) is 21.6. The Balaban J connectivity index is 1.40. The van der Waals surface area contributed by atoms with Crippen molar-refractivity contribution in [2.75, 3.05) is 13.2 Å². The summed E-state index contributed by atoms with van der Waals surface area (Å²) in [7, 11) is 0. The Morgan fingerprint density at radius 3 is 2.19 bits per heavy atom. The number of amides is 2. The molecule has 2 amide bonds. The van der Waals surface area contributed by atoms with Crippen molar-refractivity contribution >= 4 is 18.0 Å². The Morgan fingerprint density at radius 1 is 0.919 bits per heavy atom. The number of nitrogens with one attached hydrogen (secondary N) is 1. The van der Waals surface area contributed by atoms with Crippen LogP contribution in [0.15, 0.2) is 60.7 Å². The molecule has 8 nitrogen and oxygen atoms in total. The van der Waals surface area contributed by atoms with Gasteiger partial charge in [0.05, 0.1) is 18.2 Å². The SMILES string of the molecule is CC1(C)COC2(CCCCC2)N1C(=O)OCC(=O)[C@H](Cc1ccccc1)NC(=O)OCc1ccccc1. The summed E-state index contributed by atoms with van der Waals surface area (Å²) in [6.07, 6.45) is 3.55. The first-order chi connectivity index (χ1) is 17.8. The zero-order chi connectivity index (χ0) is 26.3. The number of nitrogens with zero attached hydrogens (tertiary/aromatic N) is 1. The van der Waals surface area contributed by atoms with Crippen molar-refractivity contribution in [3.8, 4) is 0 Å². The molecule has 0 aromatic heterocycles. The number of hydrogen-bond acceptors (Lipinski definition) is 6. The van der Waals surface area contributed by atoms with Crippen molar-refractivity contribution in [1.82, 2.24) is 10.2 Å². The molecule has 2 aromatic rings. The van der Waals surface area contributed by atoms with Crippen molar-refractivity contribution in [1.29, 1.82) is 0 Å². The highest BCUT2D eigenvalue weighted by Crippen LogP contribution is 2.44. The fraction of sp³-hybridized carbons (Fsp3) is 0.483. The van der Waals surface area contributed by atoms with Gasteiger partial charge in [-0.05, 0) is 50.7 Å². The molecule has 1 saturated carbocycles. The van der Waals surface area contributed by atoms with Gasteiger partial charge in [-0.3, -0.25) is 9.69 Å². The summed E-state index contributed by atoms with van der Waals surface area (Å²) < 4.78 is 17.0. The lowest BCUT2D eigenvalue weighted by Gasteiger charge is -2.43. The number of Topliss-reactive ketones (excluding diaryl/α,β-unsaturated/α-hetero) is 1. The quantitative estimate of drug-likeness (QED) is 0.539. The highest BCUT2D eigenvalue weighted by Gasteiger charge is 2.55. The number of carbonyl (C=O) groups excluding carboxylic acids is 3. The van der Waals surface area contributed by atoms with Crippen LogP contribution in [0.3, 0.4) is 0 Å². The maximum atomic E-state index is 13.3. The monoisotopic (exact) mass is 508 g/mol. The molecule has 1 N–H and O–H groups in total. The lowest BCUT2D eigenvalue weighted by Crippen LogP contribution is -2.56. The molecule has 0 bridgehead atoms. The third-order valence-electron chi connectivity index (χ3n) is 7.04. The molecule has 198 valence electrons. The number of benzene rings is 2.